The summed E-state index contributed by atoms with van der Waals surface area (Å²) in [6, 6.07) is 5.81. The Hall–Kier alpha value is -1.10. The number of aliphatic hydroxyl groups is 2. The molecule has 0 amide bonds. The van der Waals surface area contributed by atoms with E-state index in [-0.39, 0.29) is 12.7 Å². The molecule has 1 aliphatic carbocycles. The molecule has 0 saturated carbocycles. The van der Waals surface area contributed by atoms with Crippen molar-refractivity contribution < 1.29 is 19.7 Å². The van der Waals surface area contributed by atoms with E-state index in [1.807, 2.05) is 18.2 Å². The second-order valence-electron chi connectivity index (χ2n) is 4.42. The molecule has 0 saturated heterocycles. The lowest BCUT2D eigenvalue weighted by Gasteiger charge is -2.23. The van der Waals surface area contributed by atoms with Gasteiger partial charge in [0.15, 0.2) is 0 Å². The van der Waals surface area contributed by atoms with Crippen LogP contribution in [-0.4, -0.2) is 36.6 Å². The Morgan fingerprint density at radius 3 is 2.94 bits per heavy atom. The van der Waals surface area contributed by atoms with Crippen LogP contribution in [0.25, 0.3) is 0 Å². The molecule has 0 spiro atoms. The molecule has 0 aromatic heterocycles. The molecule has 2 rings (SSSR count). The summed E-state index contributed by atoms with van der Waals surface area (Å²) in [7, 11) is 0. The first kappa shape index (κ1) is 13.3. The fourth-order valence-electron chi connectivity index (χ4n) is 2.30. The molecule has 0 heterocycles. The third kappa shape index (κ3) is 3.22. The largest absolute Gasteiger partial charge is 0.491 e. The smallest absolute Gasteiger partial charge is 0.122 e. The van der Waals surface area contributed by atoms with Crippen molar-refractivity contribution in [3.8, 4) is 5.75 Å². The lowest BCUT2D eigenvalue weighted by Crippen LogP contribution is -2.13. The highest BCUT2D eigenvalue weighted by atomic mass is 16.5. The van der Waals surface area contributed by atoms with Gasteiger partial charge in [-0.2, -0.15) is 0 Å². The van der Waals surface area contributed by atoms with Crippen molar-refractivity contribution in [3.05, 3.63) is 29.3 Å². The first-order valence-electron chi connectivity index (χ1n) is 6.44. The van der Waals surface area contributed by atoms with E-state index in [9.17, 15) is 5.11 Å². The van der Waals surface area contributed by atoms with Crippen molar-refractivity contribution in [1.82, 2.24) is 0 Å². The molecule has 1 aromatic carbocycles. The van der Waals surface area contributed by atoms with Gasteiger partial charge in [0, 0.05) is 0 Å². The van der Waals surface area contributed by atoms with Gasteiger partial charge in [-0.3, -0.25) is 0 Å². The van der Waals surface area contributed by atoms with Crippen molar-refractivity contribution in [1.29, 1.82) is 0 Å². The third-order valence-electron chi connectivity index (χ3n) is 3.15. The van der Waals surface area contributed by atoms with E-state index >= 15 is 0 Å². The highest BCUT2D eigenvalue weighted by Gasteiger charge is 2.20. The predicted molar refractivity (Wildman–Crippen MR) is 67.7 cm³/mol. The molecule has 0 bridgehead atoms. The van der Waals surface area contributed by atoms with E-state index in [0.717, 1.165) is 36.1 Å². The standard InChI is InChI=1S/C14H20O4/c15-7-8-17-9-10-18-14-6-2-3-11-12(14)4-1-5-13(11)16/h2-3,6,13,15-16H,1,4-5,7-10H2. The Morgan fingerprint density at radius 2 is 2.11 bits per heavy atom. The monoisotopic (exact) mass is 252 g/mol. The van der Waals surface area contributed by atoms with Crippen molar-refractivity contribution in [2.45, 2.75) is 25.4 Å². The van der Waals surface area contributed by atoms with Gasteiger partial charge in [0.25, 0.3) is 0 Å². The molecule has 0 radical (unpaired) electrons. The summed E-state index contributed by atoms with van der Waals surface area (Å²) in [5, 5.41) is 18.5. The van der Waals surface area contributed by atoms with Crippen molar-refractivity contribution in [2.75, 3.05) is 26.4 Å². The second-order valence-corrected chi connectivity index (χ2v) is 4.42. The van der Waals surface area contributed by atoms with Crippen molar-refractivity contribution in [2.24, 2.45) is 0 Å². The van der Waals surface area contributed by atoms with Crippen LogP contribution in [0.2, 0.25) is 0 Å². The summed E-state index contributed by atoms with van der Waals surface area (Å²) in [4.78, 5) is 0. The fourth-order valence-corrected chi connectivity index (χ4v) is 2.30. The molecule has 0 fully saturated rings. The van der Waals surface area contributed by atoms with Crippen LogP contribution in [-0.2, 0) is 11.2 Å². The highest BCUT2D eigenvalue weighted by molar-refractivity contribution is 5.42. The number of hydrogen-bond donors (Lipinski definition) is 2. The van der Waals surface area contributed by atoms with Crippen LogP contribution in [0.1, 0.15) is 30.1 Å². The topological polar surface area (TPSA) is 58.9 Å². The molecule has 4 nitrogen and oxygen atoms in total. The van der Waals surface area contributed by atoms with Crippen LogP contribution in [0.5, 0.6) is 5.75 Å². The lowest BCUT2D eigenvalue weighted by molar-refractivity contribution is 0.0700. The van der Waals surface area contributed by atoms with E-state index in [1.165, 1.54) is 0 Å². The molecule has 1 aliphatic rings. The van der Waals surface area contributed by atoms with Crippen LogP contribution in [0.15, 0.2) is 18.2 Å². The number of hydrogen-bond acceptors (Lipinski definition) is 4. The third-order valence-corrected chi connectivity index (χ3v) is 3.15. The summed E-state index contributed by atoms with van der Waals surface area (Å²) < 4.78 is 10.8. The van der Waals surface area contributed by atoms with Crippen LogP contribution < -0.4 is 4.74 Å². The Bertz CT molecular complexity index is 378. The summed E-state index contributed by atoms with van der Waals surface area (Å²) >= 11 is 0. The first-order chi connectivity index (χ1) is 8.83. The maximum Gasteiger partial charge on any atom is 0.122 e. The molecular weight excluding hydrogens is 232 g/mol. The Morgan fingerprint density at radius 1 is 1.22 bits per heavy atom. The molecule has 2 N–H and O–H groups in total. The molecule has 1 atom stereocenters. The van der Waals surface area contributed by atoms with Gasteiger partial charge in [-0.1, -0.05) is 12.1 Å². The number of rotatable bonds is 6. The number of benzene rings is 1. The van der Waals surface area contributed by atoms with Crippen molar-refractivity contribution >= 4 is 0 Å². The Kier molecular flexibility index (Phi) is 4.99. The highest BCUT2D eigenvalue weighted by Crippen LogP contribution is 2.35. The zero-order valence-electron chi connectivity index (χ0n) is 10.5. The normalized spacial score (nSPS) is 18.4. The second kappa shape index (κ2) is 6.73. The molecule has 18 heavy (non-hydrogen) atoms. The van der Waals surface area contributed by atoms with E-state index in [4.69, 9.17) is 14.6 Å². The minimum Gasteiger partial charge on any atom is -0.491 e. The lowest BCUT2D eigenvalue weighted by atomic mass is 9.89. The maximum absolute atomic E-state index is 9.92. The summed E-state index contributed by atoms with van der Waals surface area (Å²) in [6.07, 6.45) is 2.43. The SMILES string of the molecule is OCCOCCOc1cccc2c1CCCC2O. The average Bonchev–Trinajstić information content (AvgIpc) is 2.39. The molecule has 1 unspecified atom stereocenters. The molecule has 0 aliphatic heterocycles. The number of fused-ring (bicyclic) bond motifs is 1. The summed E-state index contributed by atoms with van der Waals surface area (Å²) in [5.74, 6) is 0.846. The zero-order valence-corrected chi connectivity index (χ0v) is 10.5. The van der Waals surface area contributed by atoms with E-state index in [2.05, 4.69) is 0 Å². The van der Waals surface area contributed by atoms with Gasteiger partial charge >= 0.3 is 0 Å². The quantitative estimate of drug-likeness (QED) is 0.752. The van der Waals surface area contributed by atoms with E-state index < -0.39 is 0 Å². The Balaban J connectivity index is 1.94. The minimum atomic E-state index is -0.358. The molecule has 1 aromatic rings. The van der Waals surface area contributed by atoms with Gasteiger partial charge < -0.3 is 19.7 Å². The zero-order chi connectivity index (χ0) is 12.8. The Labute approximate surface area is 107 Å². The van der Waals surface area contributed by atoms with Crippen molar-refractivity contribution in [3.63, 3.8) is 0 Å². The van der Waals surface area contributed by atoms with Gasteiger partial charge in [-0.15, -0.1) is 0 Å². The number of aliphatic hydroxyl groups excluding tert-OH is 2. The van der Waals surface area contributed by atoms with E-state index in [0.29, 0.717) is 19.8 Å². The van der Waals surface area contributed by atoms with Crippen LogP contribution >= 0.6 is 0 Å². The van der Waals surface area contributed by atoms with Gasteiger partial charge in [0.1, 0.15) is 12.4 Å². The van der Waals surface area contributed by atoms with Crippen LogP contribution in [0.4, 0.5) is 0 Å². The molecular formula is C14H20O4. The van der Waals surface area contributed by atoms with Gasteiger partial charge in [-0.25, -0.2) is 0 Å². The van der Waals surface area contributed by atoms with Gasteiger partial charge in [0.2, 0.25) is 0 Å². The van der Waals surface area contributed by atoms with Crippen LogP contribution in [0.3, 0.4) is 0 Å². The minimum absolute atomic E-state index is 0.0347. The van der Waals surface area contributed by atoms with Gasteiger partial charge in [0.05, 0.1) is 25.9 Å². The van der Waals surface area contributed by atoms with Gasteiger partial charge in [-0.05, 0) is 36.5 Å². The molecule has 4 heteroatoms. The average molecular weight is 252 g/mol. The first-order valence-corrected chi connectivity index (χ1v) is 6.44. The summed E-state index contributed by atoms with van der Waals surface area (Å²) in [6.45, 7) is 1.31. The number of ether oxygens (including phenoxy) is 2. The van der Waals surface area contributed by atoms with Crippen LogP contribution in [0, 0.1) is 0 Å². The summed E-state index contributed by atoms with van der Waals surface area (Å²) in [5.41, 5.74) is 2.12. The predicted octanol–water partition coefficient (Wildman–Crippen LogP) is 1.44. The maximum atomic E-state index is 9.92. The molecule has 100 valence electrons. The fraction of sp³-hybridized carbons (Fsp3) is 0.571. The van der Waals surface area contributed by atoms with E-state index in [1.54, 1.807) is 0 Å².